The SMILES string of the molecule is CCC1CCC(CC2=CN[C@@H]3CC=C(C)C=C23)CC1. The van der Waals surface area contributed by atoms with Gasteiger partial charge in [-0.2, -0.15) is 0 Å². The average molecular weight is 257 g/mol. The van der Waals surface area contributed by atoms with Gasteiger partial charge in [0.05, 0.1) is 6.04 Å². The summed E-state index contributed by atoms with van der Waals surface area (Å²) in [7, 11) is 0. The first-order chi connectivity index (χ1) is 9.26. The van der Waals surface area contributed by atoms with Crippen molar-refractivity contribution in [3.8, 4) is 0 Å². The Kier molecular flexibility index (Phi) is 3.81. The van der Waals surface area contributed by atoms with Crippen molar-refractivity contribution in [3.05, 3.63) is 35.1 Å². The summed E-state index contributed by atoms with van der Waals surface area (Å²) in [5.74, 6) is 1.94. The van der Waals surface area contributed by atoms with Crippen molar-refractivity contribution in [2.75, 3.05) is 0 Å². The van der Waals surface area contributed by atoms with Crippen LogP contribution in [0.15, 0.2) is 35.1 Å². The van der Waals surface area contributed by atoms with E-state index in [1.54, 1.807) is 11.1 Å². The monoisotopic (exact) mass is 257 g/mol. The minimum atomic E-state index is 0.575. The van der Waals surface area contributed by atoms with Crippen LogP contribution in [-0.4, -0.2) is 6.04 Å². The van der Waals surface area contributed by atoms with Crippen LogP contribution in [0.25, 0.3) is 0 Å². The largest absolute Gasteiger partial charge is 0.384 e. The van der Waals surface area contributed by atoms with Gasteiger partial charge in [-0.1, -0.05) is 43.9 Å². The van der Waals surface area contributed by atoms with Crippen LogP contribution in [0.2, 0.25) is 0 Å². The number of allylic oxidation sites excluding steroid dienone is 2. The Labute approximate surface area is 117 Å². The van der Waals surface area contributed by atoms with E-state index in [-0.39, 0.29) is 0 Å². The first kappa shape index (κ1) is 13.0. The zero-order valence-electron chi connectivity index (χ0n) is 12.4. The predicted molar refractivity (Wildman–Crippen MR) is 81.8 cm³/mol. The summed E-state index contributed by atoms with van der Waals surface area (Å²) < 4.78 is 0. The minimum Gasteiger partial charge on any atom is -0.384 e. The molecule has 0 spiro atoms. The van der Waals surface area contributed by atoms with E-state index in [0.717, 1.165) is 11.8 Å². The fourth-order valence-corrected chi connectivity index (χ4v) is 3.93. The van der Waals surface area contributed by atoms with Gasteiger partial charge in [0.2, 0.25) is 0 Å². The predicted octanol–water partition coefficient (Wildman–Crippen LogP) is 4.73. The summed E-state index contributed by atoms with van der Waals surface area (Å²) in [5.41, 5.74) is 4.62. The molecule has 3 rings (SSSR count). The number of hydrogen-bond acceptors (Lipinski definition) is 1. The van der Waals surface area contributed by atoms with Crippen molar-refractivity contribution in [3.63, 3.8) is 0 Å². The first-order valence-corrected chi connectivity index (χ1v) is 8.10. The van der Waals surface area contributed by atoms with Gasteiger partial charge < -0.3 is 5.32 Å². The van der Waals surface area contributed by atoms with Gasteiger partial charge in [-0.3, -0.25) is 0 Å². The molecule has 1 fully saturated rings. The Morgan fingerprint density at radius 2 is 1.89 bits per heavy atom. The molecule has 0 aromatic rings. The van der Waals surface area contributed by atoms with Crippen LogP contribution >= 0.6 is 0 Å². The van der Waals surface area contributed by atoms with Gasteiger partial charge >= 0.3 is 0 Å². The average Bonchev–Trinajstić information content (AvgIpc) is 2.82. The second-order valence-electron chi connectivity index (χ2n) is 6.67. The smallest absolute Gasteiger partial charge is 0.0546 e. The molecule has 2 aliphatic carbocycles. The third kappa shape index (κ3) is 2.80. The summed E-state index contributed by atoms with van der Waals surface area (Å²) >= 11 is 0. The number of hydrogen-bond donors (Lipinski definition) is 1. The molecule has 1 aliphatic heterocycles. The summed E-state index contributed by atoms with van der Waals surface area (Å²) in [6.07, 6.45) is 16.7. The van der Waals surface area contributed by atoms with Crippen LogP contribution in [0.1, 0.15) is 58.8 Å². The van der Waals surface area contributed by atoms with Crippen molar-refractivity contribution < 1.29 is 0 Å². The van der Waals surface area contributed by atoms with E-state index in [2.05, 4.69) is 37.5 Å². The van der Waals surface area contributed by atoms with Gasteiger partial charge in [-0.25, -0.2) is 0 Å². The molecule has 1 heteroatoms. The van der Waals surface area contributed by atoms with Crippen molar-refractivity contribution in [2.45, 2.75) is 64.8 Å². The lowest BCUT2D eigenvalue weighted by atomic mass is 9.77. The Morgan fingerprint density at radius 1 is 1.16 bits per heavy atom. The molecule has 0 bridgehead atoms. The first-order valence-electron chi connectivity index (χ1n) is 8.10. The zero-order chi connectivity index (χ0) is 13.2. The van der Waals surface area contributed by atoms with Crippen LogP contribution in [-0.2, 0) is 0 Å². The van der Waals surface area contributed by atoms with Crippen molar-refractivity contribution >= 4 is 0 Å². The van der Waals surface area contributed by atoms with Gasteiger partial charge in [0.1, 0.15) is 0 Å². The molecule has 1 saturated carbocycles. The van der Waals surface area contributed by atoms with Crippen LogP contribution in [0.5, 0.6) is 0 Å². The van der Waals surface area contributed by atoms with Crippen molar-refractivity contribution in [1.82, 2.24) is 5.32 Å². The Bertz CT molecular complexity index is 419. The molecule has 104 valence electrons. The van der Waals surface area contributed by atoms with E-state index < -0.39 is 0 Å². The third-order valence-corrected chi connectivity index (χ3v) is 5.32. The molecule has 0 aromatic carbocycles. The Hall–Kier alpha value is -0.980. The topological polar surface area (TPSA) is 12.0 Å². The fourth-order valence-electron chi connectivity index (χ4n) is 3.93. The Morgan fingerprint density at radius 3 is 2.63 bits per heavy atom. The highest BCUT2D eigenvalue weighted by Crippen LogP contribution is 2.38. The summed E-state index contributed by atoms with van der Waals surface area (Å²) in [6.45, 7) is 4.58. The van der Waals surface area contributed by atoms with E-state index in [0.29, 0.717) is 6.04 Å². The molecule has 19 heavy (non-hydrogen) atoms. The summed E-state index contributed by atoms with van der Waals surface area (Å²) in [4.78, 5) is 0. The molecule has 3 aliphatic rings. The standard InChI is InChI=1S/C18H27N/c1-3-14-5-7-15(8-6-14)11-16-12-19-18-9-4-13(2)10-17(16)18/h4,10,12,14-15,18-19H,3,5-9,11H2,1-2H3/t14?,15?,18-/m1/s1. The Balaban J connectivity index is 1.60. The van der Waals surface area contributed by atoms with Gasteiger partial charge in [-0.05, 0) is 55.6 Å². The number of nitrogens with one attached hydrogen (secondary N) is 1. The molecule has 1 atom stereocenters. The highest BCUT2D eigenvalue weighted by atomic mass is 14.9. The molecule has 0 saturated heterocycles. The molecule has 0 amide bonds. The van der Waals surface area contributed by atoms with E-state index in [9.17, 15) is 0 Å². The van der Waals surface area contributed by atoms with Gasteiger partial charge in [0, 0.05) is 6.20 Å². The molecule has 0 unspecified atom stereocenters. The highest BCUT2D eigenvalue weighted by molar-refractivity contribution is 5.47. The molecule has 0 radical (unpaired) electrons. The molecular formula is C18H27N. The molecule has 1 N–H and O–H groups in total. The minimum absolute atomic E-state index is 0.575. The van der Waals surface area contributed by atoms with E-state index in [1.807, 2.05) is 0 Å². The third-order valence-electron chi connectivity index (χ3n) is 5.32. The van der Waals surface area contributed by atoms with Gasteiger partial charge in [-0.15, -0.1) is 0 Å². The van der Waals surface area contributed by atoms with E-state index in [1.165, 1.54) is 50.5 Å². The maximum Gasteiger partial charge on any atom is 0.0546 e. The van der Waals surface area contributed by atoms with Crippen molar-refractivity contribution in [2.24, 2.45) is 11.8 Å². The van der Waals surface area contributed by atoms with E-state index in [4.69, 9.17) is 0 Å². The second kappa shape index (κ2) is 5.56. The lowest BCUT2D eigenvalue weighted by molar-refractivity contribution is 0.268. The van der Waals surface area contributed by atoms with Crippen LogP contribution < -0.4 is 5.32 Å². The van der Waals surface area contributed by atoms with Gasteiger partial charge in [0.15, 0.2) is 0 Å². The highest BCUT2D eigenvalue weighted by Gasteiger charge is 2.27. The summed E-state index contributed by atoms with van der Waals surface area (Å²) in [5, 5.41) is 3.56. The van der Waals surface area contributed by atoms with Gasteiger partial charge in [0.25, 0.3) is 0 Å². The lowest BCUT2D eigenvalue weighted by Gasteiger charge is -2.28. The number of rotatable bonds is 3. The van der Waals surface area contributed by atoms with E-state index >= 15 is 0 Å². The van der Waals surface area contributed by atoms with Crippen LogP contribution in [0.3, 0.4) is 0 Å². The lowest BCUT2D eigenvalue weighted by Crippen LogP contribution is -2.22. The maximum absolute atomic E-state index is 3.56. The molecule has 1 heterocycles. The fraction of sp³-hybridized carbons (Fsp3) is 0.667. The summed E-state index contributed by atoms with van der Waals surface area (Å²) in [6, 6.07) is 0.575. The molecule has 0 aromatic heterocycles. The molecule has 1 nitrogen and oxygen atoms in total. The quantitative estimate of drug-likeness (QED) is 0.771. The normalized spacial score (nSPS) is 34.0. The zero-order valence-corrected chi connectivity index (χ0v) is 12.4. The van der Waals surface area contributed by atoms with Crippen molar-refractivity contribution in [1.29, 1.82) is 0 Å². The molecular weight excluding hydrogens is 230 g/mol. The number of fused-ring (bicyclic) bond motifs is 1. The van der Waals surface area contributed by atoms with Crippen LogP contribution in [0, 0.1) is 11.8 Å². The second-order valence-corrected chi connectivity index (χ2v) is 6.67. The maximum atomic E-state index is 3.56. The van der Waals surface area contributed by atoms with Crippen LogP contribution in [0.4, 0.5) is 0 Å².